The number of nitrogens with zero attached hydrogens (tertiary/aromatic N) is 1. The van der Waals surface area contributed by atoms with Gasteiger partial charge in [0.05, 0.1) is 0 Å². The lowest BCUT2D eigenvalue weighted by molar-refractivity contribution is -0.139. The molecule has 1 saturated heterocycles. The van der Waals surface area contributed by atoms with Crippen LogP contribution in [-0.2, 0) is 9.59 Å². The van der Waals surface area contributed by atoms with Crippen LogP contribution in [-0.4, -0.2) is 49.4 Å². The molecule has 1 aliphatic heterocycles. The summed E-state index contributed by atoms with van der Waals surface area (Å²) in [6, 6.07) is 0.210. The number of nitrogens with one attached hydrogen (secondary N) is 2. The molecule has 2 amide bonds. The summed E-state index contributed by atoms with van der Waals surface area (Å²) in [7, 11) is 2.11. The molecule has 0 radical (unpaired) electrons. The second-order valence-corrected chi connectivity index (χ2v) is 5.91. The fraction of sp³-hybridized carbons (Fsp3) is 0.857. The Hall–Kier alpha value is -1.10. The zero-order chi connectivity index (χ0) is 13.7. The normalized spacial score (nSPS) is 22.4. The monoisotopic (exact) mass is 267 g/mol. The first-order valence-corrected chi connectivity index (χ1v) is 7.42. The number of carbonyl (C=O) groups is 2. The van der Waals surface area contributed by atoms with Crippen molar-refractivity contribution in [2.45, 2.75) is 44.6 Å². The molecule has 0 bridgehead atoms. The topological polar surface area (TPSA) is 61.4 Å². The molecular formula is C14H25N3O2. The highest BCUT2D eigenvalue weighted by Gasteiger charge is 2.22. The quantitative estimate of drug-likeness (QED) is 0.732. The SMILES string of the molecule is CN1CCC(CNC(=O)C(=O)NC2CCCC2)CC1. The van der Waals surface area contributed by atoms with Gasteiger partial charge in [0.2, 0.25) is 0 Å². The van der Waals surface area contributed by atoms with Gasteiger partial charge in [-0.05, 0) is 51.7 Å². The molecule has 0 aromatic carbocycles. The number of piperidine rings is 1. The van der Waals surface area contributed by atoms with Crippen LogP contribution in [0.25, 0.3) is 0 Å². The summed E-state index contributed by atoms with van der Waals surface area (Å²) in [5.41, 5.74) is 0. The van der Waals surface area contributed by atoms with Crippen molar-refractivity contribution < 1.29 is 9.59 Å². The molecule has 1 heterocycles. The molecule has 108 valence electrons. The minimum absolute atomic E-state index is 0.210. The highest BCUT2D eigenvalue weighted by molar-refractivity contribution is 6.35. The molecule has 1 saturated carbocycles. The Morgan fingerprint density at radius 3 is 2.32 bits per heavy atom. The number of rotatable bonds is 3. The van der Waals surface area contributed by atoms with Crippen LogP contribution in [0.15, 0.2) is 0 Å². The Balaban J connectivity index is 1.64. The Labute approximate surface area is 115 Å². The van der Waals surface area contributed by atoms with Crippen LogP contribution in [0.2, 0.25) is 0 Å². The molecular weight excluding hydrogens is 242 g/mol. The molecule has 0 aromatic rings. The number of carbonyl (C=O) groups excluding carboxylic acids is 2. The van der Waals surface area contributed by atoms with E-state index < -0.39 is 11.8 Å². The molecule has 2 rings (SSSR count). The van der Waals surface area contributed by atoms with Gasteiger partial charge in [-0.1, -0.05) is 12.8 Å². The lowest BCUT2D eigenvalue weighted by Crippen LogP contribution is -2.45. The fourth-order valence-electron chi connectivity index (χ4n) is 2.90. The summed E-state index contributed by atoms with van der Waals surface area (Å²) in [5, 5.41) is 5.59. The third kappa shape index (κ3) is 4.49. The predicted octanol–water partition coefficient (Wildman–Crippen LogP) is 0.503. The van der Waals surface area contributed by atoms with E-state index in [2.05, 4.69) is 22.6 Å². The van der Waals surface area contributed by atoms with E-state index in [-0.39, 0.29) is 6.04 Å². The van der Waals surface area contributed by atoms with Crippen LogP contribution in [0.4, 0.5) is 0 Å². The number of likely N-dealkylation sites (tertiary alicyclic amines) is 1. The molecule has 0 aromatic heterocycles. The largest absolute Gasteiger partial charge is 0.348 e. The minimum Gasteiger partial charge on any atom is -0.348 e. The number of hydrogen-bond donors (Lipinski definition) is 2. The maximum absolute atomic E-state index is 11.7. The summed E-state index contributed by atoms with van der Waals surface area (Å²) in [6.07, 6.45) is 6.52. The van der Waals surface area contributed by atoms with Crippen LogP contribution < -0.4 is 10.6 Å². The van der Waals surface area contributed by atoms with E-state index in [0.717, 1.165) is 51.6 Å². The lowest BCUT2D eigenvalue weighted by Gasteiger charge is -2.28. The van der Waals surface area contributed by atoms with E-state index in [1.807, 2.05) is 0 Å². The van der Waals surface area contributed by atoms with Gasteiger partial charge in [-0.15, -0.1) is 0 Å². The van der Waals surface area contributed by atoms with Crippen molar-refractivity contribution in [1.29, 1.82) is 0 Å². The second kappa shape index (κ2) is 6.89. The molecule has 1 aliphatic carbocycles. The van der Waals surface area contributed by atoms with Gasteiger partial charge in [-0.25, -0.2) is 0 Å². The van der Waals surface area contributed by atoms with Crippen molar-refractivity contribution in [2.24, 2.45) is 5.92 Å². The van der Waals surface area contributed by atoms with Gasteiger partial charge in [0, 0.05) is 12.6 Å². The average Bonchev–Trinajstić information content (AvgIpc) is 2.90. The summed E-state index contributed by atoms with van der Waals surface area (Å²) >= 11 is 0. The van der Waals surface area contributed by atoms with Crippen molar-refractivity contribution in [3.63, 3.8) is 0 Å². The van der Waals surface area contributed by atoms with E-state index in [9.17, 15) is 9.59 Å². The van der Waals surface area contributed by atoms with Crippen LogP contribution in [0, 0.1) is 5.92 Å². The van der Waals surface area contributed by atoms with Gasteiger partial charge >= 0.3 is 11.8 Å². The summed E-state index contributed by atoms with van der Waals surface area (Å²) in [4.78, 5) is 25.7. The summed E-state index contributed by atoms with van der Waals surface area (Å²) in [6.45, 7) is 2.79. The Morgan fingerprint density at radius 1 is 1.05 bits per heavy atom. The molecule has 2 aliphatic rings. The minimum atomic E-state index is -0.467. The Morgan fingerprint density at radius 2 is 1.68 bits per heavy atom. The smallest absolute Gasteiger partial charge is 0.309 e. The van der Waals surface area contributed by atoms with Gasteiger partial charge in [0.1, 0.15) is 0 Å². The lowest BCUT2D eigenvalue weighted by atomic mass is 9.97. The van der Waals surface area contributed by atoms with Crippen molar-refractivity contribution in [2.75, 3.05) is 26.7 Å². The van der Waals surface area contributed by atoms with Crippen molar-refractivity contribution in [1.82, 2.24) is 15.5 Å². The number of hydrogen-bond acceptors (Lipinski definition) is 3. The van der Waals surface area contributed by atoms with E-state index in [0.29, 0.717) is 12.5 Å². The van der Waals surface area contributed by atoms with E-state index >= 15 is 0 Å². The maximum Gasteiger partial charge on any atom is 0.309 e. The third-order valence-corrected chi connectivity index (χ3v) is 4.29. The van der Waals surface area contributed by atoms with Gasteiger partial charge in [0.25, 0.3) is 0 Å². The molecule has 0 atom stereocenters. The average molecular weight is 267 g/mol. The van der Waals surface area contributed by atoms with Crippen LogP contribution >= 0.6 is 0 Å². The Kier molecular flexibility index (Phi) is 5.19. The van der Waals surface area contributed by atoms with Crippen LogP contribution in [0.5, 0.6) is 0 Å². The highest BCUT2D eigenvalue weighted by atomic mass is 16.2. The fourth-order valence-corrected chi connectivity index (χ4v) is 2.90. The highest BCUT2D eigenvalue weighted by Crippen LogP contribution is 2.17. The molecule has 2 fully saturated rings. The third-order valence-electron chi connectivity index (χ3n) is 4.29. The molecule has 19 heavy (non-hydrogen) atoms. The summed E-state index contributed by atoms with van der Waals surface area (Å²) < 4.78 is 0. The first kappa shape index (κ1) is 14.3. The Bertz CT molecular complexity index is 319. The van der Waals surface area contributed by atoms with E-state index in [1.54, 1.807) is 0 Å². The van der Waals surface area contributed by atoms with Gasteiger partial charge in [-0.3, -0.25) is 9.59 Å². The van der Waals surface area contributed by atoms with Gasteiger partial charge in [-0.2, -0.15) is 0 Å². The molecule has 5 heteroatoms. The zero-order valence-corrected chi connectivity index (χ0v) is 11.8. The molecule has 5 nitrogen and oxygen atoms in total. The van der Waals surface area contributed by atoms with Crippen molar-refractivity contribution in [3.8, 4) is 0 Å². The standard InChI is InChI=1S/C14H25N3O2/c1-17-8-6-11(7-9-17)10-15-13(18)14(19)16-12-4-2-3-5-12/h11-12H,2-10H2,1H3,(H,15,18)(H,16,19). The van der Waals surface area contributed by atoms with Crippen molar-refractivity contribution >= 4 is 11.8 Å². The molecule has 2 N–H and O–H groups in total. The van der Waals surface area contributed by atoms with Gasteiger partial charge in [0.15, 0.2) is 0 Å². The molecule has 0 spiro atoms. The maximum atomic E-state index is 11.7. The molecule has 0 unspecified atom stereocenters. The first-order chi connectivity index (χ1) is 9.15. The summed E-state index contributed by atoms with van der Waals surface area (Å²) in [5.74, 6) is -0.412. The number of amides is 2. The zero-order valence-electron chi connectivity index (χ0n) is 11.8. The van der Waals surface area contributed by atoms with Crippen molar-refractivity contribution in [3.05, 3.63) is 0 Å². The van der Waals surface area contributed by atoms with Crippen LogP contribution in [0.3, 0.4) is 0 Å². The van der Waals surface area contributed by atoms with Crippen LogP contribution in [0.1, 0.15) is 38.5 Å². The first-order valence-electron chi connectivity index (χ1n) is 7.42. The van der Waals surface area contributed by atoms with E-state index in [1.165, 1.54) is 0 Å². The van der Waals surface area contributed by atoms with Gasteiger partial charge < -0.3 is 15.5 Å². The second-order valence-electron chi connectivity index (χ2n) is 5.91. The predicted molar refractivity (Wildman–Crippen MR) is 73.6 cm³/mol. The van der Waals surface area contributed by atoms with E-state index in [4.69, 9.17) is 0 Å².